The molecule has 0 saturated carbocycles. The summed E-state index contributed by atoms with van der Waals surface area (Å²) in [6.07, 6.45) is 1.44. The number of nitrogens with one attached hydrogen (secondary N) is 1. The minimum Gasteiger partial charge on any atom is -0.353 e. The Balaban J connectivity index is 2.23. The van der Waals surface area contributed by atoms with Crippen LogP contribution in [0, 0.1) is 5.92 Å². The Morgan fingerprint density at radius 3 is 3.00 bits per heavy atom. The number of piperazine rings is 1. The number of nitrogens with zero attached hydrogens (tertiary/aromatic N) is 3. The molecule has 0 spiro atoms. The Morgan fingerprint density at radius 1 is 1.65 bits per heavy atom. The normalized spacial score (nSPS) is 20.5. The van der Waals surface area contributed by atoms with Crippen molar-refractivity contribution in [3.8, 4) is 0 Å². The standard InChI is InChI=1S/C10H14N4O2S/c1-6(2)8-9(15)11-3-4-14(8)10(16)7-5-12-17-13-7/h5-6,8H,3-4H2,1-2H3,(H,11,15). The van der Waals surface area contributed by atoms with Gasteiger partial charge in [-0.2, -0.15) is 8.75 Å². The fourth-order valence-electron chi connectivity index (χ4n) is 1.98. The van der Waals surface area contributed by atoms with Crippen LogP contribution < -0.4 is 5.32 Å². The molecule has 1 fully saturated rings. The second kappa shape index (κ2) is 4.79. The molecule has 2 rings (SSSR count). The maximum absolute atomic E-state index is 12.2. The first kappa shape index (κ1) is 12.0. The molecule has 1 aliphatic heterocycles. The van der Waals surface area contributed by atoms with Crippen LogP contribution >= 0.6 is 11.7 Å². The van der Waals surface area contributed by atoms with Gasteiger partial charge in [-0.05, 0) is 5.92 Å². The molecule has 6 nitrogen and oxygen atoms in total. The molecule has 1 N–H and O–H groups in total. The van der Waals surface area contributed by atoms with Gasteiger partial charge in [-0.15, -0.1) is 0 Å². The summed E-state index contributed by atoms with van der Waals surface area (Å²) in [7, 11) is 0. The number of carbonyl (C=O) groups excluding carboxylic acids is 2. The number of hydrogen-bond acceptors (Lipinski definition) is 5. The van der Waals surface area contributed by atoms with E-state index >= 15 is 0 Å². The van der Waals surface area contributed by atoms with Crippen LogP contribution in [-0.4, -0.2) is 44.6 Å². The summed E-state index contributed by atoms with van der Waals surface area (Å²) < 4.78 is 7.73. The van der Waals surface area contributed by atoms with E-state index in [0.717, 1.165) is 11.7 Å². The predicted molar refractivity (Wildman–Crippen MR) is 62.6 cm³/mol. The topological polar surface area (TPSA) is 75.2 Å². The molecule has 0 radical (unpaired) electrons. The molecule has 92 valence electrons. The molecule has 1 saturated heterocycles. The van der Waals surface area contributed by atoms with Gasteiger partial charge in [0, 0.05) is 13.1 Å². The maximum atomic E-state index is 12.2. The Labute approximate surface area is 103 Å². The van der Waals surface area contributed by atoms with Crippen molar-refractivity contribution >= 4 is 23.5 Å². The lowest BCUT2D eigenvalue weighted by molar-refractivity contribution is -0.129. The number of aromatic nitrogens is 2. The molecular weight excluding hydrogens is 240 g/mol. The Bertz CT molecular complexity index is 418. The molecule has 1 aromatic rings. The zero-order valence-electron chi connectivity index (χ0n) is 9.71. The molecule has 2 heterocycles. The third-order valence-electron chi connectivity index (χ3n) is 2.73. The zero-order valence-corrected chi connectivity index (χ0v) is 10.5. The van der Waals surface area contributed by atoms with E-state index in [-0.39, 0.29) is 17.7 Å². The highest BCUT2D eigenvalue weighted by Gasteiger charge is 2.36. The van der Waals surface area contributed by atoms with E-state index < -0.39 is 6.04 Å². The zero-order chi connectivity index (χ0) is 12.4. The highest BCUT2D eigenvalue weighted by molar-refractivity contribution is 6.99. The first-order valence-corrected chi connectivity index (χ1v) is 6.20. The van der Waals surface area contributed by atoms with Crippen molar-refractivity contribution < 1.29 is 9.59 Å². The molecule has 17 heavy (non-hydrogen) atoms. The molecule has 1 unspecified atom stereocenters. The number of hydrogen-bond donors (Lipinski definition) is 1. The van der Waals surface area contributed by atoms with Gasteiger partial charge in [-0.3, -0.25) is 9.59 Å². The SMILES string of the molecule is CC(C)C1C(=O)NCCN1C(=O)c1cnsn1. The molecular formula is C10H14N4O2S. The summed E-state index contributed by atoms with van der Waals surface area (Å²) in [5, 5.41) is 2.78. The van der Waals surface area contributed by atoms with Crippen LogP contribution in [0.4, 0.5) is 0 Å². The predicted octanol–water partition coefficient (Wildman–Crippen LogP) is 0.135. The Kier molecular flexibility index (Phi) is 3.37. The van der Waals surface area contributed by atoms with Gasteiger partial charge in [0.15, 0.2) is 5.69 Å². The van der Waals surface area contributed by atoms with Gasteiger partial charge in [0.1, 0.15) is 6.04 Å². The first-order valence-electron chi connectivity index (χ1n) is 5.47. The van der Waals surface area contributed by atoms with Crippen molar-refractivity contribution in [1.29, 1.82) is 0 Å². The summed E-state index contributed by atoms with van der Waals surface area (Å²) in [6, 6.07) is -0.419. The van der Waals surface area contributed by atoms with Gasteiger partial charge >= 0.3 is 0 Å². The van der Waals surface area contributed by atoms with E-state index in [1.54, 1.807) is 4.90 Å². The average molecular weight is 254 g/mol. The first-order chi connectivity index (χ1) is 8.11. The Hall–Kier alpha value is -1.50. The summed E-state index contributed by atoms with van der Waals surface area (Å²) in [6.45, 7) is 4.86. The molecule has 1 atom stereocenters. The van der Waals surface area contributed by atoms with Crippen molar-refractivity contribution in [2.24, 2.45) is 5.92 Å². The van der Waals surface area contributed by atoms with Gasteiger partial charge in [-0.25, -0.2) is 0 Å². The van der Waals surface area contributed by atoms with Crippen LogP contribution in [0.5, 0.6) is 0 Å². The molecule has 0 bridgehead atoms. The lowest BCUT2D eigenvalue weighted by Gasteiger charge is -2.36. The van der Waals surface area contributed by atoms with Crippen LogP contribution in [0.15, 0.2) is 6.20 Å². The Morgan fingerprint density at radius 2 is 2.41 bits per heavy atom. The van der Waals surface area contributed by atoms with Crippen molar-refractivity contribution in [2.45, 2.75) is 19.9 Å². The summed E-state index contributed by atoms with van der Waals surface area (Å²) >= 11 is 0.994. The highest BCUT2D eigenvalue weighted by atomic mass is 32.1. The molecule has 0 aromatic carbocycles. The van der Waals surface area contributed by atoms with Gasteiger partial charge in [-0.1, -0.05) is 13.8 Å². The van der Waals surface area contributed by atoms with Crippen LogP contribution in [0.2, 0.25) is 0 Å². The monoisotopic (exact) mass is 254 g/mol. The largest absolute Gasteiger partial charge is 0.353 e. The molecule has 2 amide bonds. The molecule has 1 aliphatic rings. The average Bonchev–Trinajstić information content (AvgIpc) is 2.80. The molecule has 7 heteroatoms. The fraction of sp³-hybridized carbons (Fsp3) is 0.600. The second-order valence-electron chi connectivity index (χ2n) is 4.27. The van der Waals surface area contributed by atoms with Crippen LogP contribution in [0.1, 0.15) is 24.3 Å². The number of carbonyl (C=O) groups is 2. The number of rotatable bonds is 2. The van der Waals surface area contributed by atoms with E-state index in [0.29, 0.717) is 18.8 Å². The summed E-state index contributed by atoms with van der Waals surface area (Å²) in [5.74, 6) is -0.235. The van der Waals surface area contributed by atoms with Gasteiger partial charge in [0.2, 0.25) is 5.91 Å². The fourth-order valence-corrected chi connectivity index (χ4v) is 2.39. The highest BCUT2D eigenvalue weighted by Crippen LogP contribution is 2.16. The van der Waals surface area contributed by atoms with Crippen molar-refractivity contribution in [2.75, 3.05) is 13.1 Å². The second-order valence-corrected chi connectivity index (χ2v) is 4.83. The van der Waals surface area contributed by atoms with Crippen LogP contribution in [0.25, 0.3) is 0 Å². The van der Waals surface area contributed by atoms with Crippen LogP contribution in [-0.2, 0) is 4.79 Å². The lowest BCUT2D eigenvalue weighted by atomic mass is 9.99. The van der Waals surface area contributed by atoms with Crippen molar-refractivity contribution in [1.82, 2.24) is 19.0 Å². The van der Waals surface area contributed by atoms with E-state index in [1.807, 2.05) is 13.8 Å². The van der Waals surface area contributed by atoms with E-state index in [1.165, 1.54) is 6.20 Å². The van der Waals surface area contributed by atoms with Crippen molar-refractivity contribution in [3.63, 3.8) is 0 Å². The van der Waals surface area contributed by atoms with Gasteiger partial charge < -0.3 is 10.2 Å². The van der Waals surface area contributed by atoms with Gasteiger partial charge in [0.25, 0.3) is 5.91 Å². The summed E-state index contributed by atoms with van der Waals surface area (Å²) in [4.78, 5) is 25.5. The van der Waals surface area contributed by atoms with Gasteiger partial charge in [0.05, 0.1) is 17.9 Å². The molecule has 1 aromatic heterocycles. The minimum absolute atomic E-state index is 0.0749. The summed E-state index contributed by atoms with van der Waals surface area (Å²) in [5.41, 5.74) is 0.315. The number of amides is 2. The van der Waals surface area contributed by atoms with Crippen molar-refractivity contribution in [3.05, 3.63) is 11.9 Å². The quantitative estimate of drug-likeness (QED) is 0.814. The van der Waals surface area contributed by atoms with Crippen LogP contribution in [0.3, 0.4) is 0 Å². The lowest BCUT2D eigenvalue weighted by Crippen LogP contribution is -2.59. The van der Waals surface area contributed by atoms with E-state index in [9.17, 15) is 9.59 Å². The molecule has 0 aliphatic carbocycles. The third kappa shape index (κ3) is 2.28. The third-order valence-corrected chi connectivity index (χ3v) is 3.21. The van der Waals surface area contributed by atoms with E-state index in [4.69, 9.17) is 0 Å². The minimum atomic E-state index is -0.419. The maximum Gasteiger partial charge on any atom is 0.275 e. The smallest absolute Gasteiger partial charge is 0.275 e. The van der Waals surface area contributed by atoms with E-state index in [2.05, 4.69) is 14.1 Å².